The van der Waals surface area contributed by atoms with E-state index in [1.54, 1.807) is 0 Å². The van der Waals surface area contributed by atoms with Crippen LogP contribution in [0.15, 0.2) is 18.2 Å². The molecule has 0 saturated heterocycles. The monoisotopic (exact) mass is 247 g/mol. The van der Waals surface area contributed by atoms with E-state index in [1.807, 2.05) is 0 Å². The molecule has 1 N–H and O–H groups in total. The zero-order valence-electron chi connectivity index (χ0n) is 6.78. The molecule has 0 fully saturated rings. The molecular weight excluding hydrogens is 236 g/mol. The van der Waals surface area contributed by atoms with Gasteiger partial charge in [0, 0.05) is 5.56 Å². The molecule has 0 aliphatic carbocycles. The van der Waals surface area contributed by atoms with Crippen molar-refractivity contribution in [3.8, 4) is 11.5 Å². The predicted molar refractivity (Wildman–Crippen MR) is 47.5 cm³/mol. The van der Waals surface area contributed by atoms with Crippen molar-refractivity contribution in [3.63, 3.8) is 0 Å². The van der Waals surface area contributed by atoms with Crippen LogP contribution >= 0.6 is 0 Å². The molecule has 5 heteroatoms. The van der Waals surface area contributed by atoms with Gasteiger partial charge >= 0.3 is 19.8 Å². The summed E-state index contributed by atoms with van der Waals surface area (Å²) in [7, 11) is 1.43. The van der Waals surface area contributed by atoms with Gasteiger partial charge in [-0.25, -0.2) is 0 Å². The fraction of sp³-hybridized carbons (Fsp3) is 0.222. The quantitative estimate of drug-likeness (QED) is 0.639. The first-order valence-electron chi connectivity index (χ1n) is 3.22. The summed E-state index contributed by atoms with van der Waals surface area (Å²) >= 11 is 2.94. The number of hydrogen-bond acceptors (Lipinski definition) is 4. The van der Waals surface area contributed by atoms with Crippen LogP contribution in [0.5, 0.6) is 11.5 Å². The third-order valence-corrected chi connectivity index (χ3v) is 1.34. The second kappa shape index (κ2) is 8.41. The molecule has 1 aromatic rings. The average Bonchev–Trinajstić information content (AvgIpc) is 2.22. The zero-order valence-corrected chi connectivity index (χ0v) is 7.72. The van der Waals surface area contributed by atoms with Crippen LogP contribution in [-0.2, 0) is 19.8 Å². The van der Waals surface area contributed by atoms with Crippen molar-refractivity contribution >= 4 is 6.29 Å². The SMILES string of the molecule is C.COc1cc(C=O)ccc1O.[O]=[Cu]. The molecular formula is C9H12CuO4. The van der Waals surface area contributed by atoms with Crippen molar-refractivity contribution in [3.05, 3.63) is 23.8 Å². The second-order valence-electron chi connectivity index (χ2n) is 2.05. The van der Waals surface area contributed by atoms with Gasteiger partial charge in [-0.3, -0.25) is 4.79 Å². The van der Waals surface area contributed by atoms with Gasteiger partial charge in [-0.2, -0.15) is 0 Å². The van der Waals surface area contributed by atoms with Crippen molar-refractivity contribution in [1.29, 1.82) is 0 Å². The van der Waals surface area contributed by atoms with E-state index in [0.29, 0.717) is 17.6 Å². The van der Waals surface area contributed by atoms with Gasteiger partial charge in [-0.15, -0.1) is 0 Å². The summed E-state index contributed by atoms with van der Waals surface area (Å²) in [5, 5.41) is 9.09. The number of methoxy groups -OCH3 is 1. The molecule has 0 heterocycles. The minimum absolute atomic E-state index is 0. The van der Waals surface area contributed by atoms with Crippen LogP contribution < -0.4 is 4.74 Å². The van der Waals surface area contributed by atoms with E-state index >= 15 is 0 Å². The number of carbonyl (C=O) groups excluding carboxylic acids is 1. The van der Waals surface area contributed by atoms with Gasteiger partial charge < -0.3 is 9.84 Å². The summed E-state index contributed by atoms with van der Waals surface area (Å²) in [5.74, 6) is 0.354. The number of aldehydes is 1. The molecule has 1 aromatic carbocycles. The predicted octanol–water partition coefficient (Wildman–Crippen LogP) is 1.73. The average molecular weight is 248 g/mol. The molecule has 14 heavy (non-hydrogen) atoms. The molecule has 0 bridgehead atoms. The summed E-state index contributed by atoms with van der Waals surface area (Å²) in [6.07, 6.45) is 0.696. The van der Waals surface area contributed by atoms with Gasteiger partial charge in [0.05, 0.1) is 7.11 Å². The van der Waals surface area contributed by atoms with Crippen molar-refractivity contribution in [1.82, 2.24) is 0 Å². The first-order chi connectivity index (χ1) is 6.27. The molecule has 83 valence electrons. The number of phenols is 1. The minimum atomic E-state index is 0. The summed E-state index contributed by atoms with van der Waals surface area (Å²) in [6.45, 7) is 0. The van der Waals surface area contributed by atoms with Crippen LogP contribution in [-0.4, -0.2) is 18.5 Å². The van der Waals surface area contributed by atoms with E-state index in [9.17, 15) is 4.79 Å². The Kier molecular flexibility index (Phi) is 9.18. The third kappa shape index (κ3) is 4.16. The molecule has 0 aromatic heterocycles. The van der Waals surface area contributed by atoms with Gasteiger partial charge in [0.1, 0.15) is 6.29 Å². The van der Waals surface area contributed by atoms with Crippen LogP contribution in [0.25, 0.3) is 0 Å². The van der Waals surface area contributed by atoms with E-state index in [-0.39, 0.29) is 13.2 Å². The number of rotatable bonds is 2. The van der Waals surface area contributed by atoms with Gasteiger partial charge in [0.15, 0.2) is 11.5 Å². The number of benzene rings is 1. The molecule has 0 atom stereocenters. The first-order valence-corrected chi connectivity index (χ1v) is 3.61. The molecule has 0 amide bonds. The molecule has 0 aliphatic heterocycles. The number of ether oxygens (including phenoxy) is 1. The Morgan fingerprint density at radius 3 is 2.43 bits per heavy atom. The molecule has 4 nitrogen and oxygen atoms in total. The normalized spacial score (nSPS) is 7.64. The van der Waals surface area contributed by atoms with Crippen LogP contribution in [0.4, 0.5) is 0 Å². The number of hydrogen-bond donors (Lipinski definition) is 1. The molecule has 0 spiro atoms. The summed E-state index contributed by atoms with van der Waals surface area (Å²) in [6, 6.07) is 4.41. The van der Waals surface area contributed by atoms with E-state index in [4.69, 9.17) is 13.7 Å². The Labute approximate surface area is 90.9 Å². The Morgan fingerprint density at radius 1 is 1.43 bits per heavy atom. The number of phenolic OH excluding ortho intramolecular Hbond substituents is 1. The Hall–Kier alpha value is -1.19. The molecule has 0 saturated carbocycles. The van der Waals surface area contributed by atoms with E-state index < -0.39 is 0 Å². The van der Waals surface area contributed by atoms with Crippen molar-refractivity contribution in [2.45, 2.75) is 7.43 Å². The molecule has 1 rings (SSSR count). The maximum absolute atomic E-state index is 10.2. The van der Waals surface area contributed by atoms with Crippen LogP contribution in [0.2, 0.25) is 0 Å². The Bertz CT molecular complexity index is 288. The summed E-state index contributed by atoms with van der Waals surface area (Å²) < 4.78 is 12.6. The maximum atomic E-state index is 10.2. The van der Waals surface area contributed by atoms with Crippen LogP contribution in [0.3, 0.4) is 0 Å². The van der Waals surface area contributed by atoms with Crippen LogP contribution in [0.1, 0.15) is 17.8 Å². The van der Waals surface area contributed by atoms with E-state index in [1.165, 1.54) is 25.3 Å². The molecule has 0 radical (unpaired) electrons. The van der Waals surface area contributed by atoms with E-state index in [2.05, 4.69) is 15.9 Å². The third-order valence-electron chi connectivity index (χ3n) is 1.34. The van der Waals surface area contributed by atoms with Gasteiger partial charge in [-0.05, 0) is 18.2 Å². The Balaban J connectivity index is 0. The topological polar surface area (TPSA) is 63.6 Å². The van der Waals surface area contributed by atoms with Gasteiger partial charge in [0.2, 0.25) is 0 Å². The van der Waals surface area contributed by atoms with Crippen molar-refractivity contribution < 1.29 is 34.4 Å². The fourth-order valence-corrected chi connectivity index (χ4v) is 0.768. The first kappa shape index (κ1) is 15.3. The van der Waals surface area contributed by atoms with Crippen molar-refractivity contribution in [2.24, 2.45) is 0 Å². The van der Waals surface area contributed by atoms with Crippen molar-refractivity contribution in [2.75, 3.05) is 7.11 Å². The van der Waals surface area contributed by atoms with Gasteiger partial charge in [-0.1, -0.05) is 7.43 Å². The van der Waals surface area contributed by atoms with E-state index in [0.717, 1.165) is 0 Å². The number of carbonyl (C=O) groups is 1. The summed E-state index contributed by atoms with van der Waals surface area (Å²) in [5.41, 5.74) is 0.486. The molecule has 0 aliphatic rings. The number of aromatic hydroxyl groups is 1. The molecule has 0 unspecified atom stereocenters. The summed E-state index contributed by atoms with van der Waals surface area (Å²) in [4.78, 5) is 10.2. The fourth-order valence-electron chi connectivity index (χ4n) is 0.768. The van der Waals surface area contributed by atoms with Crippen LogP contribution in [0, 0.1) is 0 Å². The standard InChI is InChI=1S/C8H8O3.CH4.Cu.O/c1-11-8-4-6(5-9)2-3-7(8)10;;;/h2-5,10H,1H3;1H4;;. The van der Waals surface area contributed by atoms with Gasteiger partial charge in [0.25, 0.3) is 0 Å². The second-order valence-corrected chi connectivity index (χ2v) is 2.05. The zero-order chi connectivity index (χ0) is 10.3. The Morgan fingerprint density at radius 2 is 2.00 bits per heavy atom.